The molecule has 0 aliphatic heterocycles. The monoisotopic (exact) mass is 282 g/mol. The molecule has 0 amide bonds. The molecule has 1 heterocycles. The zero-order valence-corrected chi connectivity index (χ0v) is 12.7. The molecule has 0 unspecified atom stereocenters. The zero-order chi connectivity index (χ0) is 13.1. The first-order chi connectivity index (χ1) is 8.67. The van der Waals surface area contributed by atoms with Crippen LogP contribution in [0, 0.1) is 0 Å². The van der Waals surface area contributed by atoms with Gasteiger partial charge >= 0.3 is 0 Å². The summed E-state index contributed by atoms with van der Waals surface area (Å²) in [5.74, 6) is 0.391. The summed E-state index contributed by atoms with van der Waals surface area (Å²) in [6, 6.07) is 5.71. The molecule has 0 aliphatic carbocycles. The van der Waals surface area contributed by atoms with Crippen LogP contribution in [0.3, 0.4) is 0 Å². The van der Waals surface area contributed by atoms with Gasteiger partial charge in [0.25, 0.3) is 0 Å². The molecular formula is C15H23ClN2O. The van der Waals surface area contributed by atoms with Crippen molar-refractivity contribution in [2.24, 2.45) is 7.05 Å². The first-order valence-electron chi connectivity index (χ1n) is 6.65. The van der Waals surface area contributed by atoms with Crippen molar-refractivity contribution < 1.29 is 5.11 Å². The van der Waals surface area contributed by atoms with Crippen molar-refractivity contribution in [1.29, 1.82) is 0 Å². The molecule has 0 saturated heterocycles. The van der Waals surface area contributed by atoms with Crippen molar-refractivity contribution in [3.05, 3.63) is 30.0 Å². The number of benzene rings is 1. The third kappa shape index (κ3) is 3.23. The molecule has 0 radical (unpaired) electrons. The van der Waals surface area contributed by atoms with Crippen LogP contribution in [0.2, 0.25) is 0 Å². The molecule has 0 aliphatic rings. The first kappa shape index (κ1) is 15.9. The van der Waals surface area contributed by atoms with Crippen molar-refractivity contribution in [3.63, 3.8) is 0 Å². The molecule has 1 aromatic heterocycles. The highest BCUT2D eigenvalue weighted by atomic mass is 35.5. The topological polar surface area (TPSA) is 28.4 Å². The van der Waals surface area contributed by atoms with Gasteiger partial charge in [-0.15, -0.1) is 12.4 Å². The van der Waals surface area contributed by atoms with Gasteiger partial charge in [0.15, 0.2) is 0 Å². The number of phenols is 1. The predicted octanol–water partition coefficient (Wildman–Crippen LogP) is 3.19. The molecule has 0 bridgehead atoms. The molecule has 0 spiro atoms. The van der Waals surface area contributed by atoms with Crippen molar-refractivity contribution in [2.45, 2.75) is 20.3 Å². The summed E-state index contributed by atoms with van der Waals surface area (Å²) in [6.07, 6.45) is 3.12. The van der Waals surface area contributed by atoms with Crippen LogP contribution in [-0.2, 0) is 13.5 Å². The number of nitrogens with zero attached hydrogens (tertiary/aromatic N) is 2. The maximum Gasteiger partial charge on any atom is 0.125 e. The predicted molar refractivity (Wildman–Crippen MR) is 83.3 cm³/mol. The zero-order valence-electron chi connectivity index (χ0n) is 11.9. The maximum atomic E-state index is 10.0. The minimum Gasteiger partial charge on any atom is -0.507 e. The van der Waals surface area contributed by atoms with Gasteiger partial charge in [-0.1, -0.05) is 19.9 Å². The number of likely N-dealkylation sites (N-methyl/N-ethyl adjacent to an activating group) is 1. The van der Waals surface area contributed by atoms with Gasteiger partial charge < -0.3 is 14.6 Å². The minimum absolute atomic E-state index is 0. The Morgan fingerprint density at radius 3 is 2.53 bits per heavy atom. The Bertz CT molecular complexity index is 532. The summed E-state index contributed by atoms with van der Waals surface area (Å²) in [4.78, 5) is 2.40. The fourth-order valence-corrected chi connectivity index (χ4v) is 2.53. The second-order valence-corrected chi connectivity index (χ2v) is 4.71. The van der Waals surface area contributed by atoms with E-state index in [1.807, 2.05) is 13.1 Å². The van der Waals surface area contributed by atoms with Gasteiger partial charge in [-0.05, 0) is 37.2 Å². The lowest BCUT2D eigenvalue weighted by molar-refractivity contribution is 0.308. The number of rotatable bonds is 5. The van der Waals surface area contributed by atoms with Crippen LogP contribution in [0.1, 0.15) is 19.4 Å². The van der Waals surface area contributed by atoms with Crippen molar-refractivity contribution in [1.82, 2.24) is 9.47 Å². The highest BCUT2D eigenvalue weighted by Crippen LogP contribution is 2.29. The summed E-state index contributed by atoms with van der Waals surface area (Å²) in [7, 11) is 2.03. The summed E-state index contributed by atoms with van der Waals surface area (Å²) in [6.45, 7) is 7.56. The third-order valence-electron chi connectivity index (χ3n) is 3.66. The van der Waals surface area contributed by atoms with E-state index in [0.717, 1.165) is 37.0 Å². The Labute approximate surface area is 121 Å². The van der Waals surface area contributed by atoms with Crippen LogP contribution in [0.5, 0.6) is 5.75 Å². The van der Waals surface area contributed by atoms with Gasteiger partial charge in [0.2, 0.25) is 0 Å². The molecule has 2 rings (SSSR count). The van der Waals surface area contributed by atoms with Gasteiger partial charge in [-0.3, -0.25) is 0 Å². The fourth-order valence-electron chi connectivity index (χ4n) is 2.53. The van der Waals surface area contributed by atoms with Crippen LogP contribution < -0.4 is 0 Å². The number of aromatic hydroxyl groups is 1. The molecule has 4 heteroatoms. The smallest absolute Gasteiger partial charge is 0.125 e. The number of aromatic nitrogens is 1. The SMILES string of the molecule is CCN(CC)CCc1cn(C)c2cccc(O)c12.Cl. The van der Waals surface area contributed by atoms with E-state index in [1.165, 1.54) is 5.56 Å². The number of halogens is 1. The third-order valence-corrected chi connectivity index (χ3v) is 3.66. The molecule has 106 valence electrons. The van der Waals surface area contributed by atoms with Gasteiger partial charge in [-0.2, -0.15) is 0 Å². The fraction of sp³-hybridized carbons (Fsp3) is 0.467. The van der Waals surface area contributed by atoms with E-state index in [0.29, 0.717) is 5.75 Å². The second kappa shape index (κ2) is 6.83. The molecule has 1 aromatic carbocycles. The molecule has 0 atom stereocenters. The van der Waals surface area contributed by atoms with Crippen LogP contribution in [0.15, 0.2) is 24.4 Å². The van der Waals surface area contributed by atoms with Crippen molar-refractivity contribution in [2.75, 3.05) is 19.6 Å². The Balaban J connectivity index is 0.00000180. The molecule has 19 heavy (non-hydrogen) atoms. The van der Waals surface area contributed by atoms with Crippen LogP contribution >= 0.6 is 12.4 Å². The van der Waals surface area contributed by atoms with E-state index < -0.39 is 0 Å². The molecular weight excluding hydrogens is 260 g/mol. The van der Waals surface area contributed by atoms with Crippen LogP contribution in [0.4, 0.5) is 0 Å². The van der Waals surface area contributed by atoms with Crippen LogP contribution in [-0.4, -0.2) is 34.2 Å². The lowest BCUT2D eigenvalue weighted by atomic mass is 10.1. The van der Waals surface area contributed by atoms with Crippen molar-refractivity contribution in [3.8, 4) is 5.75 Å². The lowest BCUT2D eigenvalue weighted by Gasteiger charge is -2.17. The molecule has 1 N–H and O–H groups in total. The molecule has 0 fully saturated rings. The summed E-state index contributed by atoms with van der Waals surface area (Å²) < 4.78 is 2.09. The van der Waals surface area contributed by atoms with E-state index in [9.17, 15) is 5.11 Å². The number of hydrogen-bond acceptors (Lipinski definition) is 2. The highest BCUT2D eigenvalue weighted by Gasteiger charge is 2.11. The second-order valence-electron chi connectivity index (χ2n) is 4.71. The summed E-state index contributed by atoms with van der Waals surface area (Å²) in [5.41, 5.74) is 2.34. The van der Waals surface area contributed by atoms with Gasteiger partial charge in [0.05, 0.1) is 5.52 Å². The van der Waals surface area contributed by atoms with E-state index >= 15 is 0 Å². The van der Waals surface area contributed by atoms with Crippen molar-refractivity contribution >= 4 is 23.3 Å². The van der Waals surface area contributed by atoms with E-state index in [4.69, 9.17) is 0 Å². The largest absolute Gasteiger partial charge is 0.507 e. The number of phenolic OH excluding ortho intramolecular Hbond substituents is 1. The normalized spacial score (nSPS) is 10.9. The van der Waals surface area contributed by atoms with Gasteiger partial charge in [0, 0.05) is 25.2 Å². The maximum absolute atomic E-state index is 10.0. The Morgan fingerprint density at radius 1 is 1.21 bits per heavy atom. The van der Waals surface area contributed by atoms with Gasteiger partial charge in [-0.25, -0.2) is 0 Å². The highest BCUT2D eigenvalue weighted by molar-refractivity contribution is 5.89. The lowest BCUT2D eigenvalue weighted by Crippen LogP contribution is -2.25. The average molecular weight is 283 g/mol. The number of hydrogen-bond donors (Lipinski definition) is 1. The number of aryl methyl sites for hydroxylation is 1. The number of fused-ring (bicyclic) bond motifs is 1. The quantitative estimate of drug-likeness (QED) is 0.912. The summed E-state index contributed by atoms with van der Waals surface area (Å²) >= 11 is 0. The Morgan fingerprint density at radius 2 is 1.89 bits per heavy atom. The van der Waals surface area contributed by atoms with E-state index in [1.54, 1.807) is 6.07 Å². The van der Waals surface area contributed by atoms with Gasteiger partial charge in [0.1, 0.15) is 5.75 Å². The van der Waals surface area contributed by atoms with Crippen LogP contribution in [0.25, 0.3) is 10.9 Å². The molecule has 3 nitrogen and oxygen atoms in total. The van der Waals surface area contributed by atoms with E-state index in [2.05, 4.69) is 35.6 Å². The Hall–Kier alpha value is -1.19. The summed E-state index contributed by atoms with van der Waals surface area (Å²) in [5, 5.41) is 11.0. The molecule has 2 aromatic rings. The Kier molecular flexibility index (Phi) is 5.70. The average Bonchev–Trinajstić information content (AvgIpc) is 2.69. The first-order valence-corrected chi connectivity index (χ1v) is 6.65. The minimum atomic E-state index is 0. The van der Waals surface area contributed by atoms with E-state index in [-0.39, 0.29) is 12.4 Å². The molecule has 0 saturated carbocycles. The standard InChI is InChI=1S/C15H22N2O.ClH/c1-4-17(5-2)10-9-12-11-16(3)13-7-6-8-14(18)15(12)13;/h6-8,11,18H,4-5,9-10H2,1-3H3;1H.